The fourth-order valence-corrected chi connectivity index (χ4v) is 8.16. The molecule has 4 heterocycles. The molecule has 4 aliphatic rings. The smallest absolute Gasteiger partial charge is 0.361 e. The number of benzene rings is 2. The van der Waals surface area contributed by atoms with Crippen LogP contribution in [0.3, 0.4) is 0 Å². The molecule has 4 N–H and O–H groups in total. The minimum absolute atomic E-state index is 0.266. The highest BCUT2D eigenvalue weighted by molar-refractivity contribution is 7.82. The van der Waals surface area contributed by atoms with E-state index in [-0.39, 0.29) is 22.3 Å². The third-order valence-corrected chi connectivity index (χ3v) is 10.2. The van der Waals surface area contributed by atoms with Crippen molar-refractivity contribution in [3.8, 4) is 23.0 Å². The molecule has 0 radical (unpaired) electrons. The lowest BCUT2D eigenvalue weighted by Crippen LogP contribution is -2.63. The molecule has 0 saturated carbocycles. The van der Waals surface area contributed by atoms with E-state index in [4.69, 9.17) is 0 Å². The lowest BCUT2D eigenvalue weighted by molar-refractivity contribution is -0.0428. The molecule has 4 amide bonds. The molecule has 48 heavy (non-hydrogen) atoms. The van der Waals surface area contributed by atoms with E-state index in [1.807, 2.05) is 0 Å². The first-order chi connectivity index (χ1) is 21.8. The van der Waals surface area contributed by atoms with Gasteiger partial charge < -0.3 is 16.7 Å². The Morgan fingerprint density at radius 2 is 0.667 bits per heavy atom. The maximum absolute atomic E-state index is 14.3. The predicted octanol–water partition coefficient (Wildman–Crippen LogP) is 0.0480. The van der Waals surface area contributed by atoms with Crippen LogP contribution in [0.1, 0.15) is 36.1 Å². The maximum Gasteiger partial charge on any atom is 0.446 e. The first kappa shape index (κ1) is 33.7. The first-order valence-electron chi connectivity index (χ1n) is 13.0. The minimum atomic E-state index is -5.21. The van der Waals surface area contributed by atoms with Crippen LogP contribution in [-0.2, 0) is 67.8 Å². The average Bonchev–Trinajstić information content (AvgIpc) is 3.05. The van der Waals surface area contributed by atoms with Crippen molar-refractivity contribution in [2.75, 3.05) is 0 Å². The summed E-state index contributed by atoms with van der Waals surface area (Å²) in [7, 11) is -20.8. The molecule has 0 bridgehead atoms. The van der Waals surface area contributed by atoms with Gasteiger partial charge >= 0.3 is 53.7 Å². The second kappa shape index (κ2) is 10.2. The zero-order valence-electron chi connectivity index (χ0n) is 24.1. The zero-order chi connectivity index (χ0) is 35.6. The number of fused-ring (bicyclic) bond motifs is 2. The third-order valence-electron chi connectivity index (χ3n) is 8.66. The molecule has 22 nitrogen and oxygen atoms in total. The van der Waals surface area contributed by atoms with Gasteiger partial charge in [0.05, 0.1) is 26.2 Å². The molecule has 0 spiro atoms. The Labute approximate surface area is 271 Å². The summed E-state index contributed by atoms with van der Waals surface area (Å²) in [4.78, 5) is 32.9. The van der Waals surface area contributed by atoms with Gasteiger partial charge in [0, 0.05) is 22.3 Å². The van der Waals surface area contributed by atoms with Crippen molar-refractivity contribution in [1.82, 2.24) is 19.6 Å². The van der Waals surface area contributed by atoms with Crippen molar-refractivity contribution in [3.05, 3.63) is 46.5 Å². The summed E-state index contributed by atoms with van der Waals surface area (Å²) in [5.74, 6) is -2.42. The Morgan fingerprint density at radius 3 is 0.833 bits per heavy atom. The molecular weight excluding hydrogens is 737 g/mol. The normalized spacial score (nSPS) is 23.6. The van der Waals surface area contributed by atoms with Gasteiger partial charge in [0.1, 0.15) is 0 Å². The Kier molecular flexibility index (Phi) is 7.14. The van der Waals surface area contributed by atoms with E-state index in [9.17, 15) is 61.5 Å². The number of rotatable bonds is 8. The first-order valence-corrected chi connectivity index (χ1v) is 18.5. The quantitative estimate of drug-likeness (QED) is 0.258. The van der Waals surface area contributed by atoms with E-state index in [0.717, 1.165) is 43.9 Å². The largest absolute Gasteiger partial charge is 0.446 e. The van der Waals surface area contributed by atoms with E-state index in [1.54, 1.807) is 0 Å². The number of carbonyl (C=O) groups excluding carboxylic acids is 2. The van der Waals surface area contributed by atoms with Crippen LogP contribution in [0.5, 0.6) is 23.0 Å². The van der Waals surface area contributed by atoms with Crippen LogP contribution in [0.2, 0.25) is 0 Å². The van der Waals surface area contributed by atoms with Crippen LogP contribution < -0.4 is 16.7 Å². The van der Waals surface area contributed by atoms with Gasteiger partial charge in [-0.05, 0) is 38.1 Å². The van der Waals surface area contributed by atoms with Crippen LogP contribution >= 0.6 is 0 Å². The molecule has 0 aromatic heterocycles. The number of hydrogen-bond acceptors (Lipinski definition) is 14. The van der Waals surface area contributed by atoms with Crippen molar-refractivity contribution in [2.45, 2.75) is 51.4 Å². The highest BCUT2D eigenvalue weighted by atomic mass is 32.3. The topological polar surface area (TPSA) is 302 Å². The van der Waals surface area contributed by atoms with Crippen LogP contribution in [-0.4, -0.2) is 94.9 Å². The Bertz CT molecular complexity index is 1950. The van der Waals surface area contributed by atoms with Gasteiger partial charge in [0.15, 0.2) is 34.3 Å². The van der Waals surface area contributed by atoms with E-state index in [1.165, 1.54) is 13.8 Å². The lowest BCUT2D eigenvalue weighted by Gasteiger charge is -2.44. The fourth-order valence-electron chi connectivity index (χ4n) is 6.63. The third kappa shape index (κ3) is 5.29. The van der Waals surface area contributed by atoms with E-state index < -0.39 is 114 Å². The summed E-state index contributed by atoms with van der Waals surface area (Å²) in [6.45, 7) is 0.263. The van der Waals surface area contributed by atoms with Gasteiger partial charge in [0.2, 0.25) is 0 Å². The Morgan fingerprint density at radius 1 is 0.479 bits per heavy atom. The summed E-state index contributed by atoms with van der Waals surface area (Å²) >= 11 is 0. The molecule has 0 aliphatic carbocycles. The molecule has 4 aliphatic heterocycles. The van der Waals surface area contributed by atoms with Crippen molar-refractivity contribution >= 4 is 53.7 Å². The summed E-state index contributed by atoms with van der Waals surface area (Å²) in [5.41, 5.74) is -4.62. The van der Waals surface area contributed by atoms with Crippen LogP contribution in [0, 0.1) is 0 Å². The number of carbonyl (C=O) groups is 2. The SMILES string of the molecule is C[C@]12N3Cc4c(OS(=O)(=O)O)ccc(OS(=O)(=O)O)c4CN1C(=O)N1Cc4c(OS(=O)(=O)O)ccc(OS(=O)(=O)O)c4CN(C3=O)[C@]12C. The average molecular weight is 759 g/mol. The molecule has 0 unspecified atom stereocenters. The van der Waals surface area contributed by atoms with E-state index in [2.05, 4.69) is 16.7 Å². The molecule has 2 aromatic carbocycles. The summed E-state index contributed by atoms with van der Waals surface area (Å²) < 4.78 is 150. The van der Waals surface area contributed by atoms with Gasteiger partial charge in [-0.3, -0.25) is 37.8 Å². The van der Waals surface area contributed by atoms with E-state index >= 15 is 0 Å². The summed E-state index contributed by atoms with van der Waals surface area (Å²) in [6, 6.07) is 1.64. The number of hydrogen-bond donors (Lipinski definition) is 4. The van der Waals surface area contributed by atoms with Crippen molar-refractivity contribution < 1.29 is 78.2 Å². The highest BCUT2D eigenvalue weighted by Crippen LogP contribution is 2.58. The van der Waals surface area contributed by atoms with Crippen molar-refractivity contribution in [3.63, 3.8) is 0 Å². The number of amides is 4. The van der Waals surface area contributed by atoms with Gasteiger partial charge in [-0.25, -0.2) is 9.59 Å². The summed E-state index contributed by atoms with van der Waals surface area (Å²) in [5, 5.41) is 0. The minimum Gasteiger partial charge on any atom is -0.361 e. The molecule has 2 saturated heterocycles. The fraction of sp³-hybridized carbons (Fsp3) is 0.364. The van der Waals surface area contributed by atoms with Gasteiger partial charge in [-0.15, -0.1) is 0 Å². The number of nitrogens with zero attached hydrogens (tertiary/aromatic N) is 4. The molecule has 262 valence electrons. The highest BCUT2D eigenvalue weighted by Gasteiger charge is 2.75. The second-order valence-corrected chi connectivity index (χ2v) is 15.1. The van der Waals surface area contributed by atoms with Gasteiger partial charge in [-0.1, -0.05) is 0 Å². The van der Waals surface area contributed by atoms with Crippen LogP contribution in [0.25, 0.3) is 0 Å². The van der Waals surface area contributed by atoms with Crippen molar-refractivity contribution in [2.24, 2.45) is 0 Å². The van der Waals surface area contributed by atoms with Gasteiger partial charge in [0.25, 0.3) is 0 Å². The zero-order valence-corrected chi connectivity index (χ0v) is 27.3. The maximum atomic E-state index is 14.3. The standard InChI is InChI=1S/C22H22N4O18S4/c1-21-22(2)25-9-13-14(18(44-48(38,39)40)6-5-17(13)43-47(35,36)37)10-26(22)20(28)24(21)8-12-11(7-23(21)19(25)27)15(41-45(29,30)31)3-4-16(12)42-46(32,33)34/h3-6H,7-10H2,1-2H3,(H,29,30,31)(H,32,33,34)(H,35,36,37)(H,38,39,40)/t21-,22+. The monoisotopic (exact) mass is 758 g/mol. The van der Waals surface area contributed by atoms with Crippen LogP contribution in [0.15, 0.2) is 24.3 Å². The second-order valence-electron chi connectivity index (χ2n) is 11.0. The Hall–Kier alpha value is -4.18. The summed E-state index contributed by atoms with van der Waals surface area (Å²) in [6.07, 6.45) is 0. The predicted molar refractivity (Wildman–Crippen MR) is 151 cm³/mol. The molecular formula is C22H22N4O18S4. The van der Waals surface area contributed by atoms with Crippen molar-refractivity contribution in [1.29, 1.82) is 0 Å². The van der Waals surface area contributed by atoms with Gasteiger partial charge in [-0.2, -0.15) is 33.7 Å². The lowest BCUT2D eigenvalue weighted by atomic mass is 9.95. The molecule has 2 aromatic rings. The molecule has 0 atom stereocenters. The van der Waals surface area contributed by atoms with E-state index in [0.29, 0.717) is 0 Å². The Balaban J connectivity index is 1.58. The molecule has 2 fully saturated rings. The molecule has 26 heteroatoms. The molecule has 6 rings (SSSR count). The number of urea groups is 2. The van der Waals surface area contributed by atoms with Crippen LogP contribution in [0.4, 0.5) is 9.59 Å².